The van der Waals surface area contributed by atoms with Crippen molar-refractivity contribution in [3.05, 3.63) is 65.2 Å². The van der Waals surface area contributed by atoms with Crippen LogP contribution in [0.15, 0.2) is 48.5 Å². The van der Waals surface area contributed by atoms with Gasteiger partial charge in [0.2, 0.25) is 11.8 Å². The minimum Gasteiger partial charge on any atom is -0.338 e. The standard InChI is InChI=1S/C21H26N2O2/c1-4-18-13-9-10-16(3)21(18)22-19(24)14-20(25)23(5-2)15-17-11-7-6-8-12-17/h6-13H,4-5,14-15H2,1-3H3,(H,22,24). The smallest absolute Gasteiger partial charge is 0.233 e. The molecule has 0 fully saturated rings. The highest BCUT2D eigenvalue weighted by molar-refractivity contribution is 6.04. The summed E-state index contributed by atoms with van der Waals surface area (Å²) < 4.78 is 0. The predicted octanol–water partition coefficient (Wildman–Crippen LogP) is 3.93. The number of nitrogens with zero attached hydrogens (tertiary/aromatic N) is 1. The first-order chi connectivity index (χ1) is 12.0. The van der Waals surface area contributed by atoms with E-state index < -0.39 is 0 Å². The molecule has 0 radical (unpaired) electrons. The Hall–Kier alpha value is -2.62. The fourth-order valence-electron chi connectivity index (χ4n) is 2.81. The number of aryl methyl sites for hydroxylation is 2. The monoisotopic (exact) mass is 338 g/mol. The first-order valence-corrected chi connectivity index (χ1v) is 8.75. The molecular weight excluding hydrogens is 312 g/mol. The van der Waals surface area contributed by atoms with Crippen LogP contribution in [0.3, 0.4) is 0 Å². The van der Waals surface area contributed by atoms with E-state index in [1.165, 1.54) is 0 Å². The number of rotatable bonds is 7. The highest BCUT2D eigenvalue weighted by Crippen LogP contribution is 2.21. The van der Waals surface area contributed by atoms with E-state index in [2.05, 4.69) is 5.32 Å². The van der Waals surface area contributed by atoms with Gasteiger partial charge in [-0.2, -0.15) is 0 Å². The number of anilines is 1. The molecule has 2 amide bonds. The number of carbonyl (C=O) groups excluding carboxylic acids is 2. The molecule has 0 unspecified atom stereocenters. The number of hydrogen-bond acceptors (Lipinski definition) is 2. The van der Waals surface area contributed by atoms with Crippen molar-refractivity contribution in [2.24, 2.45) is 0 Å². The van der Waals surface area contributed by atoms with E-state index in [0.29, 0.717) is 13.1 Å². The third kappa shape index (κ3) is 5.18. The second-order valence-corrected chi connectivity index (χ2v) is 6.08. The Morgan fingerprint density at radius 2 is 1.72 bits per heavy atom. The molecule has 2 rings (SSSR count). The van der Waals surface area contributed by atoms with Crippen LogP contribution in [-0.2, 0) is 22.6 Å². The van der Waals surface area contributed by atoms with Crippen molar-refractivity contribution in [2.75, 3.05) is 11.9 Å². The number of benzene rings is 2. The maximum Gasteiger partial charge on any atom is 0.233 e. The van der Waals surface area contributed by atoms with Crippen LogP contribution in [0, 0.1) is 6.92 Å². The van der Waals surface area contributed by atoms with Gasteiger partial charge in [0.05, 0.1) is 0 Å². The summed E-state index contributed by atoms with van der Waals surface area (Å²) in [6.45, 7) is 7.04. The molecule has 0 aromatic heterocycles. The van der Waals surface area contributed by atoms with Gasteiger partial charge in [0.25, 0.3) is 0 Å². The summed E-state index contributed by atoms with van der Waals surface area (Å²) in [6.07, 6.45) is 0.693. The topological polar surface area (TPSA) is 49.4 Å². The van der Waals surface area contributed by atoms with E-state index in [0.717, 1.165) is 28.8 Å². The Labute approximate surface area is 149 Å². The van der Waals surface area contributed by atoms with Crippen molar-refractivity contribution >= 4 is 17.5 Å². The van der Waals surface area contributed by atoms with Crippen molar-refractivity contribution in [1.29, 1.82) is 0 Å². The van der Waals surface area contributed by atoms with Crippen molar-refractivity contribution in [3.63, 3.8) is 0 Å². The maximum atomic E-state index is 12.5. The summed E-state index contributed by atoms with van der Waals surface area (Å²) >= 11 is 0. The van der Waals surface area contributed by atoms with E-state index in [-0.39, 0.29) is 18.2 Å². The van der Waals surface area contributed by atoms with Gasteiger partial charge >= 0.3 is 0 Å². The molecule has 0 aliphatic rings. The molecule has 0 spiro atoms. The average Bonchev–Trinajstić information content (AvgIpc) is 2.62. The fraction of sp³-hybridized carbons (Fsp3) is 0.333. The zero-order valence-corrected chi connectivity index (χ0v) is 15.2. The van der Waals surface area contributed by atoms with Crippen LogP contribution in [0.25, 0.3) is 0 Å². The Kier molecular flexibility index (Phi) is 6.75. The van der Waals surface area contributed by atoms with Crippen molar-refractivity contribution in [3.8, 4) is 0 Å². The maximum absolute atomic E-state index is 12.5. The summed E-state index contributed by atoms with van der Waals surface area (Å²) in [5.74, 6) is -0.420. The molecule has 0 saturated heterocycles. The summed E-state index contributed by atoms with van der Waals surface area (Å²) in [5, 5.41) is 2.92. The van der Waals surface area contributed by atoms with E-state index in [1.807, 2.05) is 69.3 Å². The molecule has 2 aromatic carbocycles. The predicted molar refractivity (Wildman–Crippen MR) is 101 cm³/mol. The number of nitrogens with one attached hydrogen (secondary N) is 1. The van der Waals surface area contributed by atoms with Gasteiger partial charge in [-0.1, -0.05) is 55.5 Å². The first kappa shape index (κ1) is 18.7. The summed E-state index contributed by atoms with van der Waals surface area (Å²) in [7, 11) is 0. The lowest BCUT2D eigenvalue weighted by atomic mass is 10.1. The quantitative estimate of drug-likeness (QED) is 0.778. The van der Waals surface area contributed by atoms with Crippen LogP contribution in [0.2, 0.25) is 0 Å². The number of amides is 2. The average molecular weight is 338 g/mol. The Balaban J connectivity index is 2.00. The van der Waals surface area contributed by atoms with Gasteiger partial charge in [-0.05, 0) is 37.0 Å². The Morgan fingerprint density at radius 1 is 1.00 bits per heavy atom. The molecule has 0 heterocycles. The summed E-state index contributed by atoms with van der Waals surface area (Å²) in [4.78, 5) is 26.5. The second-order valence-electron chi connectivity index (χ2n) is 6.08. The number of carbonyl (C=O) groups is 2. The molecule has 0 bridgehead atoms. The second kappa shape index (κ2) is 9.02. The van der Waals surface area contributed by atoms with E-state index >= 15 is 0 Å². The Bertz CT molecular complexity index is 726. The SMILES string of the molecule is CCc1cccc(C)c1NC(=O)CC(=O)N(CC)Cc1ccccc1. The minimum absolute atomic E-state index is 0.141. The van der Waals surface area contributed by atoms with E-state index in [9.17, 15) is 9.59 Å². The minimum atomic E-state index is -0.263. The highest BCUT2D eigenvalue weighted by Gasteiger charge is 2.17. The zero-order valence-electron chi connectivity index (χ0n) is 15.2. The van der Waals surface area contributed by atoms with Gasteiger partial charge in [0.15, 0.2) is 0 Å². The molecular formula is C21H26N2O2. The van der Waals surface area contributed by atoms with Crippen LogP contribution in [-0.4, -0.2) is 23.3 Å². The van der Waals surface area contributed by atoms with Crippen LogP contribution in [0.5, 0.6) is 0 Å². The van der Waals surface area contributed by atoms with E-state index in [1.54, 1.807) is 4.90 Å². The lowest BCUT2D eigenvalue weighted by Gasteiger charge is -2.21. The molecule has 0 saturated carbocycles. The molecule has 0 aliphatic heterocycles. The lowest BCUT2D eigenvalue weighted by molar-refractivity contribution is -0.134. The zero-order chi connectivity index (χ0) is 18.2. The summed E-state index contributed by atoms with van der Waals surface area (Å²) in [6, 6.07) is 15.8. The van der Waals surface area contributed by atoms with Crippen LogP contribution in [0.1, 0.15) is 37.0 Å². The molecule has 1 N–H and O–H groups in total. The summed E-state index contributed by atoms with van der Waals surface area (Å²) in [5.41, 5.74) is 3.98. The number of hydrogen-bond donors (Lipinski definition) is 1. The molecule has 2 aromatic rings. The van der Waals surface area contributed by atoms with Crippen LogP contribution < -0.4 is 5.32 Å². The largest absolute Gasteiger partial charge is 0.338 e. The molecule has 25 heavy (non-hydrogen) atoms. The van der Waals surface area contributed by atoms with Gasteiger partial charge in [0.1, 0.15) is 6.42 Å². The van der Waals surface area contributed by atoms with Crippen molar-refractivity contribution < 1.29 is 9.59 Å². The van der Waals surface area contributed by atoms with Gasteiger partial charge < -0.3 is 10.2 Å². The molecule has 4 nitrogen and oxygen atoms in total. The van der Waals surface area contributed by atoms with Gasteiger partial charge in [-0.25, -0.2) is 0 Å². The van der Waals surface area contributed by atoms with Crippen molar-refractivity contribution in [1.82, 2.24) is 4.90 Å². The molecule has 0 atom stereocenters. The highest BCUT2D eigenvalue weighted by atomic mass is 16.2. The van der Waals surface area contributed by atoms with Gasteiger partial charge in [-0.3, -0.25) is 9.59 Å². The third-order valence-electron chi connectivity index (χ3n) is 4.27. The van der Waals surface area contributed by atoms with Gasteiger partial charge in [0, 0.05) is 18.8 Å². The third-order valence-corrected chi connectivity index (χ3v) is 4.27. The molecule has 0 aliphatic carbocycles. The van der Waals surface area contributed by atoms with Gasteiger partial charge in [-0.15, -0.1) is 0 Å². The molecule has 4 heteroatoms. The lowest BCUT2D eigenvalue weighted by Crippen LogP contribution is -2.33. The number of para-hydroxylation sites is 1. The normalized spacial score (nSPS) is 10.4. The Morgan fingerprint density at radius 3 is 2.36 bits per heavy atom. The first-order valence-electron chi connectivity index (χ1n) is 8.75. The molecule has 132 valence electrons. The fourth-order valence-corrected chi connectivity index (χ4v) is 2.81. The van der Waals surface area contributed by atoms with Crippen molar-refractivity contribution in [2.45, 2.75) is 40.2 Å². The van der Waals surface area contributed by atoms with E-state index in [4.69, 9.17) is 0 Å². The van der Waals surface area contributed by atoms with Crippen LogP contribution >= 0.6 is 0 Å². The van der Waals surface area contributed by atoms with Crippen LogP contribution in [0.4, 0.5) is 5.69 Å².